The van der Waals surface area contributed by atoms with Crippen molar-refractivity contribution in [3.8, 4) is 0 Å². The molecule has 23 heavy (non-hydrogen) atoms. The van der Waals surface area contributed by atoms with E-state index in [1.807, 2.05) is 0 Å². The van der Waals surface area contributed by atoms with E-state index in [0.717, 1.165) is 6.92 Å². The van der Waals surface area contributed by atoms with Gasteiger partial charge >= 0.3 is 128 Å². The molecule has 0 aliphatic heterocycles. The second kappa shape index (κ2) is 11.0. The van der Waals surface area contributed by atoms with Crippen LogP contribution in [0.3, 0.4) is 0 Å². The van der Waals surface area contributed by atoms with Gasteiger partial charge in [-0.1, -0.05) is 0 Å². The van der Waals surface area contributed by atoms with E-state index in [-0.39, 0.29) is 0 Å². The van der Waals surface area contributed by atoms with E-state index < -0.39 is 25.7 Å². The Hall–Kier alpha value is 0.269. The van der Waals surface area contributed by atoms with Gasteiger partial charge in [0.15, 0.2) is 0 Å². The first-order valence-corrected chi connectivity index (χ1v) is 15.2. The Morgan fingerprint density at radius 1 is 0.652 bits per heavy atom. The average molecular weight is 428 g/mol. The zero-order chi connectivity index (χ0) is 16.5. The number of aliphatic carboxylic acids is 1. The second-order valence-corrected chi connectivity index (χ2v) is 17.9. The SMILES string of the molecule is C1CC[CH]([Sn]([CH]2CCCCC2)[CH]2CCCCC2)CC1.CC(=O)O. The Labute approximate surface area is 150 Å². The van der Waals surface area contributed by atoms with Crippen LogP contribution in [0.4, 0.5) is 0 Å². The molecule has 3 aliphatic rings. The zero-order valence-corrected chi connectivity index (χ0v) is 18.0. The first-order valence-electron chi connectivity index (χ1n) is 10.2. The van der Waals surface area contributed by atoms with Gasteiger partial charge in [0.2, 0.25) is 0 Å². The Morgan fingerprint density at radius 2 is 0.870 bits per heavy atom. The molecule has 3 heteroatoms. The van der Waals surface area contributed by atoms with Crippen LogP contribution in [-0.2, 0) is 4.79 Å². The van der Waals surface area contributed by atoms with Crippen LogP contribution in [0.5, 0.6) is 0 Å². The van der Waals surface area contributed by atoms with Crippen LogP contribution >= 0.6 is 0 Å². The molecular weight excluding hydrogens is 391 g/mol. The molecule has 2 nitrogen and oxygen atoms in total. The minimum absolute atomic E-state index is 0.833. The summed E-state index contributed by atoms with van der Waals surface area (Å²) in [5, 5.41) is 7.42. The molecule has 0 aromatic rings. The molecule has 0 amide bonds. The summed E-state index contributed by atoms with van der Waals surface area (Å²) in [5.41, 5.74) is 0. The smallest absolute Gasteiger partial charge is 0.300 e. The molecule has 0 spiro atoms. The van der Waals surface area contributed by atoms with Crippen LogP contribution in [0, 0.1) is 0 Å². The number of rotatable bonds is 3. The van der Waals surface area contributed by atoms with Gasteiger partial charge in [-0.05, 0) is 0 Å². The molecule has 1 N–H and O–H groups in total. The van der Waals surface area contributed by atoms with E-state index in [0.29, 0.717) is 0 Å². The molecule has 0 heterocycles. The monoisotopic (exact) mass is 429 g/mol. The van der Waals surface area contributed by atoms with Crippen LogP contribution in [0.25, 0.3) is 0 Å². The predicted molar refractivity (Wildman–Crippen MR) is 99.6 cm³/mol. The maximum atomic E-state index is 9.00. The molecule has 3 rings (SSSR count). The summed E-state index contributed by atoms with van der Waals surface area (Å²) in [7, 11) is 0. The van der Waals surface area contributed by atoms with Crippen LogP contribution < -0.4 is 0 Å². The number of hydrogen-bond acceptors (Lipinski definition) is 1. The molecule has 0 aromatic carbocycles. The van der Waals surface area contributed by atoms with Crippen molar-refractivity contribution in [3.63, 3.8) is 0 Å². The Kier molecular flexibility index (Phi) is 9.37. The normalized spacial score (nSPS) is 25.0. The van der Waals surface area contributed by atoms with E-state index >= 15 is 0 Å². The number of carboxylic acids is 1. The topological polar surface area (TPSA) is 37.3 Å². The van der Waals surface area contributed by atoms with Gasteiger partial charge < -0.3 is 5.11 Å². The van der Waals surface area contributed by atoms with Gasteiger partial charge in [-0.15, -0.1) is 0 Å². The van der Waals surface area contributed by atoms with E-state index in [2.05, 4.69) is 0 Å². The second-order valence-electron chi connectivity index (χ2n) is 8.02. The third kappa shape index (κ3) is 6.95. The van der Waals surface area contributed by atoms with Gasteiger partial charge in [0.25, 0.3) is 5.97 Å². The standard InChI is InChI=1S/3C6H11.C2H4O2.Sn/c3*1-2-4-6-5-3-1;1-2(3)4;/h3*1H,2-6H2;1H3,(H,3,4);. The number of hydrogen-bond donors (Lipinski definition) is 1. The van der Waals surface area contributed by atoms with E-state index in [1.54, 1.807) is 96.3 Å². The minimum atomic E-state index is -1.15. The molecule has 0 bridgehead atoms. The fourth-order valence-corrected chi connectivity index (χ4v) is 20.2. The summed E-state index contributed by atoms with van der Waals surface area (Å²) in [6, 6.07) is 0. The zero-order valence-electron chi connectivity index (χ0n) is 15.2. The summed E-state index contributed by atoms with van der Waals surface area (Å²) >= 11 is -1.15. The van der Waals surface area contributed by atoms with Crippen molar-refractivity contribution in [1.82, 2.24) is 0 Å². The quantitative estimate of drug-likeness (QED) is 0.516. The summed E-state index contributed by atoms with van der Waals surface area (Å²) in [6.07, 6.45) is 24.2. The Balaban J connectivity index is 0.000000433. The molecule has 3 aliphatic carbocycles. The van der Waals surface area contributed by atoms with Crippen molar-refractivity contribution in [2.45, 2.75) is 115 Å². The predicted octanol–water partition coefficient (Wildman–Crippen LogP) is 6.58. The van der Waals surface area contributed by atoms with E-state index in [1.165, 1.54) is 11.8 Å². The third-order valence-corrected chi connectivity index (χ3v) is 19.2. The fourth-order valence-electron chi connectivity index (χ4n) is 5.31. The van der Waals surface area contributed by atoms with Crippen molar-refractivity contribution < 1.29 is 9.90 Å². The van der Waals surface area contributed by atoms with Gasteiger partial charge in [0.05, 0.1) is 0 Å². The maximum absolute atomic E-state index is 9.00. The first-order chi connectivity index (χ1) is 11.2. The molecule has 0 aromatic heterocycles. The van der Waals surface area contributed by atoms with Crippen molar-refractivity contribution in [2.75, 3.05) is 0 Å². The van der Waals surface area contributed by atoms with Gasteiger partial charge in [-0.25, -0.2) is 0 Å². The molecule has 0 unspecified atom stereocenters. The Morgan fingerprint density at radius 3 is 1.09 bits per heavy atom. The molecule has 133 valence electrons. The first kappa shape index (κ1) is 19.6. The van der Waals surface area contributed by atoms with Gasteiger partial charge in [-0.2, -0.15) is 0 Å². The van der Waals surface area contributed by atoms with Crippen LogP contribution in [-0.4, -0.2) is 30.8 Å². The number of carbonyl (C=O) groups is 1. The summed E-state index contributed by atoms with van der Waals surface area (Å²) in [4.78, 5) is 9.00. The molecule has 0 atom stereocenters. The van der Waals surface area contributed by atoms with Gasteiger partial charge in [-0.3, -0.25) is 4.79 Å². The molecule has 1 radical (unpaired) electrons. The van der Waals surface area contributed by atoms with Crippen LogP contribution in [0.15, 0.2) is 0 Å². The van der Waals surface area contributed by atoms with Gasteiger partial charge in [0, 0.05) is 6.92 Å². The van der Waals surface area contributed by atoms with Crippen molar-refractivity contribution in [1.29, 1.82) is 0 Å². The van der Waals surface area contributed by atoms with Crippen molar-refractivity contribution >= 4 is 25.7 Å². The molecule has 3 fully saturated rings. The van der Waals surface area contributed by atoms with E-state index in [9.17, 15) is 0 Å². The Bertz CT molecular complexity index is 280. The molecule has 0 saturated heterocycles. The average Bonchev–Trinajstić information content (AvgIpc) is 2.58. The number of carboxylic acid groups (broad SMARTS) is 1. The van der Waals surface area contributed by atoms with Crippen molar-refractivity contribution in [2.24, 2.45) is 0 Å². The summed E-state index contributed by atoms with van der Waals surface area (Å²) in [6.45, 7) is 1.08. The molecule has 3 saturated carbocycles. The third-order valence-electron chi connectivity index (χ3n) is 6.23. The fraction of sp³-hybridized carbons (Fsp3) is 0.950. The van der Waals surface area contributed by atoms with Crippen LogP contribution in [0.2, 0.25) is 11.8 Å². The minimum Gasteiger partial charge on any atom is -0.481 e. The van der Waals surface area contributed by atoms with E-state index in [4.69, 9.17) is 9.90 Å². The van der Waals surface area contributed by atoms with Gasteiger partial charge in [0.1, 0.15) is 0 Å². The molecular formula is C20H37O2Sn. The summed E-state index contributed by atoms with van der Waals surface area (Å²) < 4.78 is 3.96. The van der Waals surface area contributed by atoms with Crippen molar-refractivity contribution in [3.05, 3.63) is 0 Å². The maximum Gasteiger partial charge on any atom is 0.300 e. The van der Waals surface area contributed by atoms with Crippen LogP contribution in [0.1, 0.15) is 103 Å². The largest absolute Gasteiger partial charge is 0.481 e. The summed E-state index contributed by atoms with van der Waals surface area (Å²) in [5.74, 6) is -0.833.